The van der Waals surface area contributed by atoms with Crippen molar-refractivity contribution in [2.75, 3.05) is 11.9 Å². The summed E-state index contributed by atoms with van der Waals surface area (Å²) in [5, 5.41) is 11.7. The molecule has 2 nitrogen and oxygen atoms in total. The Hall–Kier alpha value is -1.70. The van der Waals surface area contributed by atoms with Gasteiger partial charge in [0, 0.05) is 12.2 Å². The normalized spacial score (nSPS) is 13.2. The van der Waals surface area contributed by atoms with Crippen LogP contribution in [0.4, 0.5) is 18.9 Å². The van der Waals surface area contributed by atoms with Gasteiger partial charge in [-0.05, 0) is 30.0 Å². The highest BCUT2D eigenvalue weighted by Gasteiger charge is 2.33. The highest BCUT2D eigenvalue weighted by atomic mass is 19.4. The molecule has 0 amide bonds. The van der Waals surface area contributed by atoms with E-state index in [2.05, 4.69) is 19.2 Å². The molecule has 0 radical (unpaired) electrons. The van der Waals surface area contributed by atoms with Crippen LogP contribution in [-0.4, -0.2) is 6.54 Å². The van der Waals surface area contributed by atoms with Gasteiger partial charge in [-0.1, -0.05) is 20.8 Å². The molecule has 104 valence electrons. The van der Waals surface area contributed by atoms with Crippen molar-refractivity contribution in [3.8, 4) is 6.07 Å². The number of nitrogens with zero attached hydrogens (tertiary/aromatic N) is 1. The fourth-order valence-electron chi connectivity index (χ4n) is 1.50. The molecule has 0 heterocycles. The molecule has 19 heavy (non-hydrogen) atoms. The van der Waals surface area contributed by atoms with Crippen molar-refractivity contribution >= 4 is 5.69 Å². The molecule has 0 aromatic heterocycles. The number of alkyl halides is 3. The molecule has 1 aromatic carbocycles. The van der Waals surface area contributed by atoms with Gasteiger partial charge in [-0.15, -0.1) is 0 Å². The Kier molecular flexibility index (Phi) is 4.82. The zero-order chi connectivity index (χ0) is 14.6. The van der Waals surface area contributed by atoms with Crippen LogP contribution in [-0.2, 0) is 6.18 Å². The Morgan fingerprint density at radius 2 is 1.89 bits per heavy atom. The molecule has 0 saturated heterocycles. The van der Waals surface area contributed by atoms with Gasteiger partial charge >= 0.3 is 6.18 Å². The van der Waals surface area contributed by atoms with Crippen molar-refractivity contribution in [1.29, 1.82) is 5.26 Å². The maximum atomic E-state index is 12.8. The minimum Gasteiger partial charge on any atom is -0.385 e. The Morgan fingerprint density at radius 1 is 1.26 bits per heavy atom. The lowest BCUT2D eigenvalue weighted by atomic mass is 9.98. The zero-order valence-electron chi connectivity index (χ0n) is 11.2. The van der Waals surface area contributed by atoms with Gasteiger partial charge in [0.05, 0.1) is 17.2 Å². The molecule has 0 saturated carbocycles. The van der Waals surface area contributed by atoms with E-state index in [9.17, 15) is 13.2 Å². The van der Waals surface area contributed by atoms with Gasteiger partial charge in [0.15, 0.2) is 0 Å². The van der Waals surface area contributed by atoms with E-state index in [1.165, 1.54) is 12.1 Å². The number of halogens is 3. The lowest BCUT2D eigenvalue weighted by Gasteiger charge is -2.18. The maximum absolute atomic E-state index is 12.8. The summed E-state index contributed by atoms with van der Waals surface area (Å²) >= 11 is 0. The van der Waals surface area contributed by atoms with Crippen LogP contribution < -0.4 is 5.32 Å². The largest absolute Gasteiger partial charge is 0.417 e. The second kappa shape index (κ2) is 5.96. The molecule has 0 aliphatic carbocycles. The van der Waals surface area contributed by atoms with Crippen LogP contribution in [0.2, 0.25) is 0 Å². The Morgan fingerprint density at radius 3 is 2.37 bits per heavy atom. The van der Waals surface area contributed by atoms with Gasteiger partial charge in [0.25, 0.3) is 0 Å². The Balaban J connectivity index is 2.91. The zero-order valence-corrected chi connectivity index (χ0v) is 11.2. The molecule has 1 N–H and O–H groups in total. The third-order valence-corrected chi connectivity index (χ3v) is 3.21. The predicted octanol–water partition coefficient (Wildman–Crippen LogP) is 4.28. The first-order chi connectivity index (χ1) is 8.75. The first-order valence-electron chi connectivity index (χ1n) is 6.11. The molecule has 1 unspecified atom stereocenters. The van der Waals surface area contributed by atoms with Gasteiger partial charge in [0.2, 0.25) is 0 Å². The van der Waals surface area contributed by atoms with E-state index in [-0.39, 0.29) is 5.56 Å². The van der Waals surface area contributed by atoms with Crippen LogP contribution in [0, 0.1) is 23.2 Å². The summed E-state index contributed by atoms with van der Waals surface area (Å²) in [6.45, 7) is 6.76. The van der Waals surface area contributed by atoms with Crippen molar-refractivity contribution in [1.82, 2.24) is 0 Å². The topological polar surface area (TPSA) is 35.8 Å². The summed E-state index contributed by atoms with van der Waals surface area (Å²) in [7, 11) is 0. The highest BCUT2D eigenvalue weighted by molar-refractivity contribution is 5.53. The summed E-state index contributed by atoms with van der Waals surface area (Å²) < 4.78 is 38.3. The molecule has 0 spiro atoms. The molecule has 1 rings (SSSR count). The van der Waals surface area contributed by atoms with E-state index in [1.54, 1.807) is 6.07 Å². The second-order valence-corrected chi connectivity index (χ2v) is 4.97. The number of nitriles is 1. The Labute approximate surface area is 111 Å². The van der Waals surface area contributed by atoms with Crippen LogP contribution in [0.5, 0.6) is 0 Å². The number of anilines is 1. The quantitative estimate of drug-likeness (QED) is 0.886. The van der Waals surface area contributed by atoms with Gasteiger partial charge in [-0.3, -0.25) is 0 Å². The molecule has 5 heteroatoms. The van der Waals surface area contributed by atoms with Crippen LogP contribution in [0.15, 0.2) is 18.2 Å². The SMILES string of the molecule is CC(C)C(C)CNc1ccc(C#N)c(C(F)(F)F)c1. The van der Waals surface area contributed by atoms with E-state index in [1.807, 2.05) is 6.92 Å². The number of hydrogen-bond acceptors (Lipinski definition) is 2. The van der Waals surface area contributed by atoms with Gasteiger partial charge in [0.1, 0.15) is 0 Å². The summed E-state index contributed by atoms with van der Waals surface area (Å²) in [5.41, 5.74) is -0.856. The lowest BCUT2D eigenvalue weighted by molar-refractivity contribution is -0.137. The maximum Gasteiger partial charge on any atom is 0.417 e. The number of nitrogens with one attached hydrogen (secondary N) is 1. The first-order valence-corrected chi connectivity index (χ1v) is 6.11. The fourth-order valence-corrected chi connectivity index (χ4v) is 1.50. The monoisotopic (exact) mass is 270 g/mol. The molecule has 0 fully saturated rings. The summed E-state index contributed by atoms with van der Waals surface area (Å²) in [6, 6.07) is 5.26. The summed E-state index contributed by atoms with van der Waals surface area (Å²) in [4.78, 5) is 0. The molecule has 0 bridgehead atoms. The molecule has 1 atom stereocenters. The number of hydrogen-bond donors (Lipinski definition) is 1. The van der Waals surface area contributed by atoms with Crippen molar-refractivity contribution in [3.63, 3.8) is 0 Å². The molecule has 0 aliphatic rings. The standard InChI is InChI=1S/C14H17F3N2/c1-9(2)10(3)8-19-12-5-4-11(7-18)13(6-12)14(15,16)17/h4-6,9-10,19H,8H2,1-3H3. The van der Waals surface area contributed by atoms with E-state index < -0.39 is 11.7 Å². The Bertz CT molecular complexity index is 473. The van der Waals surface area contributed by atoms with E-state index in [4.69, 9.17) is 5.26 Å². The van der Waals surface area contributed by atoms with Gasteiger partial charge in [-0.25, -0.2) is 0 Å². The molecule has 1 aromatic rings. The van der Waals surface area contributed by atoms with E-state index in [0.29, 0.717) is 24.1 Å². The smallest absolute Gasteiger partial charge is 0.385 e. The predicted molar refractivity (Wildman–Crippen MR) is 68.7 cm³/mol. The van der Waals surface area contributed by atoms with Gasteiger partial charge in [-0.2, -0.15) is 18.4 Å². The fraction of sp³-hybridized carbons (Fsp3) is 0.500. The molecular weight excluding hydrogens is 253 g/mol. The molecular formula is C14H17F3N2. The number of benzene rings is 1. The average Bonchev–Trinajstić information content (AvgIpc) is 2.34. The van der Waals surface area contributed by atoms with Crippen LogP contribution >= 0.6 is 0 Å². The second-order valence-electron chi connectivity index (χ2n) is 4.97. The minimum atomic E-state index is -4.51. The van der Waals surface area contributed by atoms with Crippen molar-refractivity contribution in [2.45, 2.75) is 26.9 Å². The average molecular weight is 270 g/mol. The van der Waals surface area contributed by atoms with Crippen molar-refractivity contribution in [2.24, 2.45) is 11.8 Å². The third-order valence-electron chi connectivity index (χ3n) is 3.21. The third kappa shape index (κ3) is 4.16. The van der Waals surface area contributed by atoms with Crippen LogP contribution in [0.25, 0.3) is 0 Å². The van der Waals surface area contributed by atoms with Crippen LogP contribution in [0.1, 0.15) is 31.9 Å². The van der Waals surface area contributed by atoms with Gasteiger partial charge < -0.3 is 5.32 Å². The van der Waals surface area contributed by atoms with E-state index in [0.717, 1.165) is 6.07 Å². The summed E-state index contributed by atoms with van der Waals surface area (Å²) in [5.74, 6) is 0.804. The number of rotatable bonds is 4. The van der Waals surface area contributed by atoms with Crippen molar-refractivity contribution in [3.05, 3.63) is 29.3 Å². The van der Waals surface area contributed by atoms with Crippen LogP contribution in [0.3, 0.4) is 0 Å². The lowest BCUT2D eigenvalue weighted by Crippen LogP contribution is -2.17. The minimum absolute atomic E-state index is 0.352. The molecule has 0 aliphatic heterocycles. The summed E-state index contributed by atoms with van der Waals surface area (Å²) in [6.07, 6.45) is -4.51. The first kappa shape index (κ1) is 15.4. The van der Waals surface area contributed by atoms with Crippen molar-refractivity contribution < 1.29 is 13.2 Å². The van der Waals surface area contributed by atoms with E-state index >= 15 is 0 Å². The highest BCUT2D eigenvalue weighted by Crippen LogP contribution is 2.33.